The third-order valence-electron chi connectivity index (χ3n) is 5.97. The van der Waals surface area contributed by atoms with Crippen LogP contribution in [0.15, 0.2) is 46.2 Å². The summed E-state index contributed by atoms with van der Waals surface area (Å²) in [7, 11) is -3.82. The fourth-order valence-electron chi connectivity index (χ4n) is 3.88. The van der Waals surface area contributed by atoms with E-state index < -0.39 is 15.9 Å². The van der Waals surface area contributed by atoms with Gasteiger partial charge in [0, 0.05) is 35.8 Å². The number of hydrogen-bond donors (Lipinski definition) is 2. The standard InChI is InChI=1S/C23H27N3O4S2/c1-15-5-6-18(11-16(15)2)25-32(29,30)19-7-8-21-20(13-19)24-23(28)17(14-31-21)12-22(27)26-9-3-4-10-26/h5-8,11,13,17,25H,3-4,9-10,12,14H2,1-2H3,(H,24,28). The fourth-order valence-corrected chi connectivity index (χ4v) is 6.03. The number of fused-ring (bicyclic) bond motifs is 1. The SMILES string of the molecule is Cc1ccc(NS(=O)(=O)c2ccc3c(c2)NC(=O)C(CC(=O)N2CCCC2)CS3)cc1C. The van der Waals surface area contributed by atoms with Gasteiger partial charge in [-0.2, -0.15) is 0 Å². The van der Waals surface area contributed by atoms with Gasteiger partial charge < -0.3 is 10.2 Å². The molecule has 0 radical (unpaired) electrons. The average Bonchev–Trinajstić information content (AvgIpc) is 3.24. The Labute approximate surface area is 193 Å². The Kier molecular flexibility index (Phi) is 6.48. The van der Waals surface area contributed by atoms with E-state index in [0.717, 1.165) is 42.0 Å². The molecule has 1 saturated heterocycles. The van der Waals surface area contributed by atoms with Crippen molar-refractivity contribution >= 4 is 45.0 Å². The molecule has 1 unspecified atom stereocenters. The second-order valence-corrected chi connectivity index (χ2v) is 11.1. The number of likely N-dealkylation sites (tertiary alicyclic amines) is 1. The van der Waals surface area contributed by atoms with E-state index in [1.54, 1.807) is 18.2 Å². The van der Waals surface area contributed by atoms with Crippen LogP contribution < -0.4 is 10.0 Å². The zero-order chi connectivity index (χ0) is 22.9. The molecule has 2 amide bonds. The van der Waals surface area contributed by atoms with Crippen LogP contribution in [0.25, 0.3) is 0 Å². The van der Waals surface area contributed by atoms with Crippen molar-refractivity contribution < 1.29 is 18.0 Å². The van der Waals surface area contributed by atoms with E-state index in [1.165, 1.54) is 23.9 Å². The second-order valence-electron chi connectivity index (χ2n) is 8.35. The first-order chi connectivity index (χ1) is 15.2. The highest BCUT2D eigenvalue weighted by Gasteiger charge is 2.30. The van der Waals surface area contributed by atoms with Gasteiger partial charge in [-0.1, -0.05) is 6.07 Å². The molecule has 2 N–H and O–H groups in total. The van der Waals surface area contributed by atoms with Gasteiger partial charge in [-0.15, -0.1) is 11.8 Å². The normalized spacial score (nSPS) is 18.6. The van der Waals surface area contributed by atoms with Gasteiger partial charge in [0.15, 0.2) is 0 Å². The Morgan fingerprint density at radius 1 is 1.12 bits per heavy atom. The maximum absolute atomic E-state index is 12.9. The molecule has 2 aromatic rings. The molecule has 0 bridgehead atoms. The lowest BCUT2D eigenvalue weighted by molar-refractivity contribution is -0.133. The van der Waals surface area contributed by atoms with E-state index in [1.807, 2.05) is 24.8 Å². The Hall–Kier alpha value is -2.52. The monoisotopic (exact) mass is 473 g/mol. The number of nitrogens with one attached hydrogen (secondary N) is 2. The molecular weight excluding hydrogens is 446 g/mol. The number of hydrogen-bond acceptors (Lipinski definition) is 5. The van der Waals surface area contributed by atoms with Crippen LogP contribution in [0.4, 0.5) is 11.4 Å². The molecule has 2 aromatic carbocycles. The average molecular weight is 474 g/mol. The van der Waals surface area contributed by atoms with Gasteiger partial charge in [-0.25, -0.2) is 8.42 Å². The zero-order valence-electron chi connectivity index (χ0n) is 18.2. The van der Waals surface area contributed by atoms with Crippen LogP contribution in [0.3, 0.4) is 0 Å². The summed E-state index contributed by atoms with van der Waals surface area (Å²) in [5.41, 5.74) is 3.02. The third-order valence-corrected chi connectivity index (χ3v) is 8.58. The van der Waals surface area contributed by atoms with Gasteiger partial charge in [-0.3, -0.25) is 14.3 Å². The van der Waals surface area contributed by atoms with Gasteiger partial charge >= 0.3 is 0 Å². The van der Waals surface area contributed by atoms with Gasteiger partial charge in [0.05, 0.1) is 16.5 Å². The number of rotatable bonds is 5. The van der Waals surface area contributed by atoms with Crippen molar-refractivity contribution in [1.29, 1.82) is 0 Å². The van der Waals surface area contributed by atoms with Crippen molar-refractivity contribution in [3.05, 3.63) is 47.5 Å². The highest BCUT2D eigenvalue weighted by Crippen LogP contribution is 2.35. The first-order valence-electron chi connectivity index (χ1n) is 10.7. The predicted octanol–water partition coefficient (Wildman–Crippen LogP) is 3.78. The van der Waals surface area contributed by atoms with Crippen LogP contribution >= 0.6 is 11.8 Å². The highest BCUT2D eigenvalue weighted by molar-refractivity contribution is 7.99. The van der Waals surface area contributed by atoms with Crippen LogP contribution in [-0.4, -0.2) is 44.0 Å². The minimum absolute atomic E-state index is 0.00932. The molecule has 4 rings (SSSR count). The molecule has 1 atom stereocenters. The first kappa shape index (κ1) is 22.7. The number of carbonyl (C=O) groups excluding carboxylic acids is 2. The molecule has 0 saturated carbocycles. The van der Waals surface area contributed by atoms with Crippen molar-refractivity contribution in [2.45, 2.75) is 42.9 Å². The number of sulfonamides is 1. The topological polar surface area (TPSA) is 95.6 Å². The van der Waals surface area contributed by atoms with E-state index in [4.69, 9.17) is 0 Å². The van der Waals surface area contributed by atoms with E-state index in [9.17, 15) is 18.0 Å². The van der Waals surface area contributed by atoms with E-state index in [0.29, 0.717) is 17.1 Å². The second kappa shape index (κ2) is 9.15. The molecule has 0 aliphatic carbocycles. The van der Waals surface area contributed by atoms with Crippen LogP contribution in [0.2, 0.25) is 0 Å². The van der Waals surface area contributed by atoms with Gasteiger partial charge in [0.25, 0.3) is 10.0 Å². The molecule has 1 fully saturated rings. The van der Waals surface area contributed by atoms with Gasteiger partial charge in [0.1, 0.15) is 0 Å². The maximum atomic E-state index is 12.9. The molecule has 32 heavy (non-hydrogen) atoms. The van der Waals surface area contributed by atoms with Gasteiger partial charge in [0.2, 0.25) is 11.8 Å². The fraction of sp³-hybridized carbons (Fsp3) is 0.391. The van der Waals surface area contributed by atoms with Crippen molar-refractivity contribution in [2.24, 2.45) is 5.92 Å². The molecule has 2 heterocycles. The number of amides is 2. The molecule has 2 aliphatic rings. The van der Waals surface area contributed by atoms with Crippen LogP contribution in [0.1, 0.15) is 30.4 Å². The predicted molar refractivity (Wildman–Crippen MR) is 126 cm³/mol. The lowest BCUT2D eigenvalue weighted by atomic mass is 10.1. The summed E-state index contributed by atoms with van der Waals surface area (Å²) in [6.07, 6.45) is 2.19. The maximum Gasteiger partial charge on any atom is 0.261 e. The minimum Gasteiger partial charge on any atom is -0.343 e. The summed E-state index contributed by atoms with van der Waals surface area (Å²) in [5, 5.41) is 2.84. The molecule has 2 aliphatic heterocycles. The molecule has 7 nitrogen and oxygen atoms in total. The largest absolute Gasteiger partial charge is 0.343 e. The summed E-state index contributed by atoms with van der Waals surface area (Å²) in [5.74, 6) is -0.212. The van der Waals surface area contributed by atoms with Crippen molar-refractivity contribution in [1.82, 2.24) is 4.90 Å². The number of anilines is 2. The van der Waals surface area contributed by atoms with Crippen LogP contribution in [0.5, 0.6) is 0 Å². The summed E-state index contributed by atoms with van der Waals surface area (Å²) in [4.78, 5) is 28.0. The van der Waals surface area contributed by atoms with E-state index in [-0.39, 0.29) is 23.1 Å². The number of benzene rings is 2. The molecular formula is C23H27N3O4S2. The van der Waals surface area contributed by atoms with Gasteiger partial charge in [-0.05, 0) is 68.1 Å². The van der Waals surface area contributed by atoms with E-state index >= 15 is 0 Å². The van der Waals surface area contributed by atoms with Crippen molar-refractivity contribution in [2.75, 3.05) is 28.9 Å². The van der Waals surface area contributed by atoms with Crippen molar-refractivity contribution in [3.63, 3.8) is 0 Å². The Balaban J connectivity index is 1.50. The quantitative estimate of drug-likeness (QED) is 0.689. The summed E-state index contributed by atoms with van der Waals surface area (Å²) in [6, 6.07) is 10.1. The Bertz CT molecular complexity index is 1160. The van der Waals surface area contributed by atoms with E-state index in [2.05, 4.69) is 10.0 Å². The smallest absolute Gasteiger partial charge is 0.261 e. The Morgan fingerprint density at radius 3 is 2.59 bits per heavy atom. The van der Waals surface area contributed by atoms with Crippen LogP contribution in [-0.2, 0) is 19.6 Å². The molecule has 170 valence electrons. The first-order valence-corrected chi connectivity index (χ1v) is 13.2. The molecule has 0 spiro atoms. The van der Waals surface area contributed by atoms with Crippen LogP contribution in [0, 0.1) is 19.8 Å². The highest BCUT2D eigenvalue weighted by atomic mass is 32.2. The molecule has 0 aromatic heterocycles. The number of nitrogens with zero attached hydrogens (tertiary/aromatic N) is 1. The summed E-state index contributed by atoms with van der Waals surface area (Å²) in [6.45, 7) is 5.41. The zero-order valence-corrected chi connectivity index (χ0v) is 19.8. The Morgan fingerprint density at radius 2 is 1.88 bits per heavy atom. The lowest BCUT2D eigenvalue weighted by Gasteiger charge is -2.18. The lowest BCUT2D eigenvalue weighted by Crippen LogP contribution is -2.33. The van der Waals surface area contributed by atoms with Crippen molar-refractivity contribution in [3.8, 4) is 0 Å². The summed E-state index contributed by atoms with van der Waals surface area (Å²) >= 11 is 1.46. The minimum atomic E-state index is -3.82. The number of thioether (sulfide) groups is 1. The number of carbonyl (C=O) groups is 2. The summed E-state index contributed by atoms with van der Waals surface area (Å²) < 4.78 is 28.5. The number of aryl methyl sites for hydroxylation is 2. The molecule has 9 heteroatoms. The third kappa shape index (κ3) is 4.94.